The van der Waals surface area contributed by atoms with E-state index in [4.69, 9.17) is 4.74 Å². The van der Waals surface area contributed by atoms with Crippen molar-refractivity contribution < 1.29 is 9.53 Å². The van der Waals surface area contributed by atoms with Gasteiger partial charge in [-0.15, -0.1) is 0 Å². The topological polar surface area (TPSA) is 51.2 Å². The lowest BCUT2D eigenvalue weighted by Crippen LogP contribution is -2.27. The highest BCUT2D eigenvalue weighted by Crippen LogP contribution is 2.29. The molecule has 5 heteroatoms. The zero-order valence-electron chi connectivity index (χ0n) is 12.3. The Morgan fingerprint density at radius 1 is 1.40 bits per heavy atom. The molecule has 0 atom stereocenters. The number of para-hydroxylation sites is 1. The van der Waals surface area contributed by atoms with E-state index < -0.39 is 11.7 Å². The van der Waals surface area contributed by atoms with Crippen LogP contribution in [-0.2, 0) is 11.2 Å². The smallest absolute Gasteiger partial charge is 0.413 e. The SMILES string of the molecule is CCCc1cccc2sc(NC(=O)OC(C)(C)C)nc12. The van der Waals surface area contributed by atoms with Crippen molar-refractivity contribution in [3.63, 3.8) is 0 Å². The quantitative estimate of drug-likeness (QED) is 0.899. The number of amides is 1. The van der Waals surface area contributed by atoms with E-state index in [1.807, 2.05) is 32.9 Å². The molecule has 0 spiro atoms. The van der Waals surface area contributed by atoms with E-state index >= 15 is 0 Å². The summed E-state index contributed by atoms with van der Waals surface area (Å²) in [5.74, 6) is 0. The number of hydrogen-bond acceptors (Lipinski definition) is 4. The number of hydrogen-bond donors (Lipinski definition) is 1. The van der Waals surface area contributed by atoms with Gasteiger partial charge in [0.05, 0.1) is 10.2 Å². The summed E-state index contributed by atoms with van der Waals surface area (Å²) >= 11 is 1.47. The molecule has 1 amide bonds. The van der Waals surface area contributed by atoms with Gasteiger partial charge in [0.25, 0.3) is 0 Å². The number of rotatable bonds is 3. The summed E-state index contributed by atoms with van der Waals surface area (Å²) in [5, 5.41) is 3.28. The third kappa shape index (κ3) is 3.70. The lowest BCUT2D eigenvalue weighted by Gasteiger charge is -2.18. The van der Waals surface area contributed by atoms with Gasteiger partial charge in [-0.25, -0.2) is 9.78 Å². The van der Waals surface area contributed by atoms with Gasteiger partial charge in [-0.3, -0.25) is 5.32 Å². The largest absolute Gasteiger partial charge is 0.444 e. The third-order valence-corrected chi connectivity index (χ3v) is 3.57. The van der Waals surface area contributed by atoms with Gasteiger partial charge in [0, 0.05) is 0 Å². The number of carbonyl (C=O) groups is 1. The normalized spacial score (nSPS) is 11.6. The molecule has 1 heterocycles. The van der Waals surface area contributed by atoms with Crippen molar-refractivity contribution >= 4 is 32.8 Å². The van der Waals surface area contributed by atoms with Crippen LogP contribution in [0, 0.1) is 0 Å². The van der Waals surface area contributed by atoms with Crippen LogP contribution in [0.3, 0.4) is 0 Å². The van der Waals surface area contributed by atoms with E-state index in [1.54, 1.807) is 0 Å². The number of thiazole rings is 1. The van der Waals surface area contributed by atoms with Crippen molar-refractivity contribution in [1.82, 2.24) is 4.98 Å². The fourth-order valence-corrected chi connectivity index (χ4v) is 2.82. The Hall–Kier alpha value is -1.62. The van der Waals surface area contributed by atoms with Crippen LogP contribution in [0.4, 0.5) is 9.93 Å². The average molecular weight is 292 g/mol. The predicted octanol–water partition coefficient (Wildman–Crippen LogP) is 4.60. The lowest BCUT2D eigenvalue weighted by molar-refractivity contribution is 0.0636. The summed E-state index contributed by atoms with van der Waals surface area (Å²) in [6.07, 6.45) is 1.60. The van der Waals surface area contributed by atoms with Crippen molar-refractivity contribution in [1.29, 1.82) is 0 Å². The van der Waals surface area contributed by atoms with E-state index in [1.165, 1.54) is 16.9 Å². The summed E-state index contributed by atoms with van der Waals surface area (Å²) in [4.78, 5) is 16.3. The number of anilines is 1. The molecule has 0 radical (unpaired) electrons. The molecule has 4 nitrogen and oxygen atoms in total. The fraction of sp³-hybridized carbons (Fsp3) is 0.467. The van der Waals surface area contributed by atoms with Gasteiger partial charge in [-0.05, 0) is 38.8 Å². The summed E-state index contributed by atoms with van der Waals surface area (Å²) in [6, 6.07) is 6.14. The molecule has 108 valence electrons. The minimum Gasteiger partial charge on any atom is -0.444 e. The van der Waals surface area contributed by atoms with Gasteiger partial charge in [0.15, 0.2) is 5.13 Å². The Bertz CT molecular complexity index is 614. The van der Waals surface area contributed by atoms with Crippen molar-refractivity contribution in [2.24, 2.45) is 0 Å². The molecular weight excluding hydrogens is 272 g/mol. The summed E-state index contributed by atoms with van der Waals surface area (Å²) in [5.41, 5.74) is 1.69. The first-order valence-electron chi connectivity index (χ1n) is 6.77. The van der Waals surface area contributed by atoms with Gasteiger partial charge < -0.3 is 4.74 Å². The molecule has 0 unspecified atom stereocenters. The monoisotopic (exact) mass is 292 g/mol. The molecule has 0 saturated carbocycles. The van der Waals surface area contributed by atoms with Crippen molar-refractivity contribution in [3.05, 3.63) is 23.8 Å². The number of aromatic nitrogens is 1. The van der Waals surface area contributed by atoms with E-state index in [0.29, 0.717) is 5.13 Å². The number of nitrogens with one attached hydrogen (secondary N) is 1. The number of nitrogens with zero attached hydrogens (tertiary/aromatic N) is 1. The molecule has 2 rings (SSSR count). The van der Waals surface area contributed by atoms with Crippen molar-refractivity contribution in [2.75, 3.05) is 5.32 Å². The second-order valence-electron chi connectivity index (χ2n) is 5.66. The van der Waals surface area contributed by atoms with Crippen LogP contribution in [0.15, 0.2) is 18.2 Å². The van der Waals surface area contributed by atoms with Crippen LogP contribution in [0.5, 0.6) is 0 Å². The van der Waals surface area contributed by atoms with Crippen LogP contribution in [-0.4, -0.2) is 16.7 Å². The van der Waals surface area contributed by atoms with E-state index in [9.17, 15) is 4.79 Å². The molecule has 0 saturated heterocycles. The third-order valence-electron chi connectivity index (χ3n) is 2.63. The highest BCUT2D eigenvalue weighted by molar-refractivity contribution is 7.22. The number of carbonyl (C=O) groups excluding carboxylic acids is 1. The highest BCUT2D eigenvalue weighted by atomic mass is 32.1. The number of benzene rings is 1. The Labute approximate surface area is 123 Å². The molecule has 0 aliphatic rings. The predicted molar refractivity (Wildman–Crippen MR) is 83.5 cm³/mol. The first kappa shape index (κ1) is 14.8. The molecular formula is C15H20N2O2S. The zero-order valence-corrected chi connectivity index (χ0v) is 13.1. The molecule has 20 heavy (non-hydrogen) atoms. The van der Waals surface area contributed by atoms with Gasteiger partial charge in [0.2, 0.25) is 0 Å². The first-order chi connectivity index (χ1) is 9.39. The maximum absolute atomic E-state index is 11.7. The van der Waals surface area contributed by atoms with E-state index in [-0.39, 0.29) is 0 Å². The molecule has 0 aliphatic heterocycles. The van der Waals surface area contributed by atoms with Crippen LogP contribution in [0.25, 0.3) is 10.2 Å². The molecule has 1 aromatic heterocycles. The van der Waals surface area contributed by atoms with Crippen LogP contribution in [0.1, 0.15) is 39.7 Å². The van der Waals surface area contributed by atoms with Gasteiger partial charge in [0.1, 0.15) is 5.60 Å². The van der Waals surface area contributed by atoms with E-state index in [2.05, 4.69) is 23.3 Å². The second-order valence-corrected chi connectivity index (χ2v) is 6.69. The molecule has 0 bridgehead atoms. The molecule has 0 fully saturated rings. The van der Waals surface area contributed by atoms with Gasteiger partial charge in [-0.1, -0.05) is 36.8 Å². The molecule has 0 aliphatic carbocycles. The molecule has 2 aromatic rings. The maximum Gasteiger partial charge on any atom is 0.413 e. The van der Waals surface area contributed by atoms with Crippen molar-refractivity contribution in [3.8, 4) is 0 Å². The maximum atomic E-state index is 11.7. The molecule has 1 aromatic carbocycles. The Kier molecular flexibility index (Phi) is 4.28. The number of ether oxygens (including phenoxy) is 1. The fourth-order valence-electron chi connectivity index (χ4n) is 1.92. The lowest BCUT2D eigenvalue weighted by atomic mass is 10.1. The Morgan fingerprint density at radius 3 is 2.80 bits per heavy atom. The Balaban J connectivity index is 2.20. The number of fused-ring (bicyclic) bond motifs is 1. The second kappa shape index (κ2) is 5.79. The molecule has 1 N–H and O–H groups in total. The van der Waals surface area contributed by atoms with Crippen molar-refractivity contribution in [2.45, 2.75) is 46.1 Å². The zero-order chi connectivity index (χ0) is 14.8. The van der Waals surface area contributed by atoms with Gasteiger partial charge >= 0.3 is 6.09 Å². The van der Waals surface area contributed by atoms with Crippen LogP contribution in [0.2, 0.25) is 0 Å². The minimum absolute atomic E-state index is 0.464. The highest BCUT2D eigenvalue weighted by Gasteiger charge is 2.17. The summed E-state index contributed by atoms with van der Waals surface area (Å²) in [6.45, 7) is 7.66. The first-order valence-corrected chi connectivity index (χ1v) is 7.59. The summed E-state index contributed by atoms with van der Waals surface area (Å²) < 4.78 is 6.32. The van der Waals surface area contributed by atoms with Crippen LogP contribution < -0.4 is 5.32 Å². The van der Waals surface area contributed by atoms with Crippen LogP contribution >= 0.6 is 11.3 Å². The minimum atomic E-state index is -0.506. The van der Waals surface area contributed by atoms with E-state index in [0.717, 1.165) is 23.1 Å². The summed E-state index contributed by atoms with van der Waals surface area (Å²) in [7, 11) is 0. The Morgan fingerprint density at radius 2 is 2.15 bits per heavy atom. The average Bonchev–Trinajstić information content (AvgIpc) is 2.70. The van der Waals surface area contributed by atoms with Gasteiger partial charge in [-0.2, -0.15) is 0 Å². The number of aryl methyl sites for hydroxylation is 1. The standard InChI is InChI=1S/C15H20N2O2S/c1-5-7-10-8-6-9-11-12(10)16-13(20-11)17-14(18)19-15(2,3)4/h6,8-9H,5,7H2,1-4H3,(H,16,17,18).